The zero-order chi connectivity index (χ0) is 17.1. The highest BCUT2D eigenvalue weighted by Crippen LogP contribution is 2.25. The first-order valence-electron chi connectivity index (χ1n) is 7.91. The molecule has 1 atom stereocenters. The van der Waals surface area contributed by atoms with E-state index >= 15 is 0 Å². The second-order valence-electron chi connectivity index (χ2n) is 6.00. The van der Waals surface area contributed by atoms with Crippen LogP contribution in [-0.4, -0.2) is 35.6 Å². The summed E-state index contributed by atoms with van der Waals surface area (Å²) in [5.74, 6) is -0.196. The molecule has 1 unspecified atom stereocenters. The molecule has 2 amide bonds. The van der Waals surface area contributed by atoms with Gasteiger partial charge in [-0.3, -0.25) is 0 Å². The molecule has 5 nitrogen and oxygen atoms in total. The van der Waals surface area contributed by atoms with Crippen LogP contribution < -0.4 is 5.32 Å². The summed E-state index contributed by atoms with van der Waals surface area (Å²) in [5.41, 5.74) is 1.10. The number of carbonyl (C=O) groups excluding carboxylic acids is 1. The number of benzene rings is 1. The number of urea groups is 1. The number of thiazole rings is 1. The van der Waals surface area contributed by atoms with Crippen molar-refractivity contribution in [3.63, 3.8) is 0 Å². The van der Waals surface area contributed by atoms with Crippen LogP contribution in [0.3, 0.4) is 0 Å². The van der Waals surface area contributed by atoms with Crippen molar-refractivity contribution in [3.05, 3.63) is 46.2 Å². The predicted octanol–water partition coefficient (Wildman–Crippen LogP) is 4.01. The van der Waals surface area contributed by atoms with Gasteiger partial charge >= 0.3 is 6.03 Å². The van der Waals surface area contributed by atoms with E-state index in [0.717, 1.165) is 5.01 Å². The average molecular weight is 349 g/mol. The Bertz CT molecular complexity index is 706. The number of carbonyl (C=O) groups is 1. The molecule has 1 aliphatic heterocycles. The maximum atomic E-state index is 14.0. The number of anilines is 1. The largest absolute Gasteiger partial charge is 0.367 e. The predicted molar refractivity (Wildman–Crippen MR) is 91.9 cm³/mol. The molecule has 2 heterocycles. The van der Waals surface area contributed by atoms with Crippen molar-refractivity contribution >= 4 is 23.1 Å². The molecule has 24 heavy (non-hydrogen) atoms. The van der Waals surface area contributed by atoms with Gasteiger partial charge in [0.05, 0.1) is 13.2 Å². The van der Waals surface area contributed by atoms with Gasteiger partial charge in [0.25, 0.3) is 0 Å². The van der Waals surface area contributed by atoms with E-state index in [-0.39, 0.29) is 23.9 Å². The molecule has 3 rings (SSSR count). The summed E-state index contributed by atoms with van der Waals surface area (Å²) >= 11 is 1.51. The van der Waals surface area contributed by atoms with E-state index in [1.165, 1.54) is 17.4 Å². The Kier molecular flexibility index (Phi) is 5.11. The minimum absolute atomic E-state index is 0.105. The summed E-state index contributed by atoms with van der Waals surface area (Å²) in [6.07, 6.45) is 1.52. The maximum absolute atomic E-state index is 14.0. The van der Waals surface area contributed by atoms with Crippen LogP contribution in [0.15, 0.2) is 29.8 Å². The summed E-state index contributed by atoms with van der Waals surface area (Å²) in [7, 11) is 0. The van der Waals surface area contributed by atoms with Crippen LogP contribution in [-0.2, 0) is 4.74 Å². The van der Waals surface area contributed by atoms with Crippen molar-refractivity contribution in [1.82, 2.24) is 9.88 Å². The van der Waals surface area contributed by atoms with Crippen molar-refractivity contribution in [3.8, 4) is 0 Å². The fraction of sp³-hybridized carbons (Fsp3) is 0.412. The molecule has 0 radical (unpaired) electrons. The molecule has 1 N–H and O–H groups in total. The maximum Gasteiger partial charge on any atom is 0.322 e. The van der Waals surface area contributed by atoms with E-state index in [2.05, 4.69) is 10.3 Å². The Morgan fingerprint density at radius 1 is 1.50 bits per heavy atom. The first kappa shape index (κ1) is 16.9. The van der Waals surface area contributed by atoms with Gasteiger partial charge in [-0.25, -0.2) is 14.2 Å². The third-order valence-corrected chi connectivity index (χ3v) is 4.82. The Hall–Kier alpha value is -1.99. The van der Waals surface area contributed by atoms with Crippen LogP contribution in [0.4, 0.5) is 14.9 Å². The average Bonchev–Trinajstić information content (AvgIpc) is 3.09. The smallest absolute Gasteiger partial charge is 0.322 e. The number of hydrogen-bond donors (Lipinski definition) is 1. The zero-order valence-corrected chi connectivity index (χ0v) is 14.5. The molecule has 0 aliphatic carbocycles. The summed E-state index contributed by atoms with van der Waals surface area (Å²) < 4.78 is 19.7. The molecule has 2 aromatic rings. The lowest BCUT2D eigenvalue weighted by atomic mass is 10.0. The summed E-state index contributed by atoms with van der Waals surface area (Å²) in [5, 5.41) is 5.51. The first-order chi connectivity index (χ1) is 11.5. The van der Waals surface area contributed by atoms with E-state index in [0.29, 0.717) is 30.9 Å². The van der Waals surface area contributed by atoms with Gasteiger partial charge in [-0.15, -0.1) is 11.3 Å². The molecule has 1 aliphatic rings. The van der Waals surface area contributed by atoms with Crippen molar-refractivity contribution in [2.45, 2.75) is 25.9 Å². The number of ether oxygens (including phenoxy) is 1. The number of aromatic nitrogens is 1. The number of hydrogen-bond acceptors (Lipinski definition) is 4. The molecule has 7 heteroatoms. The molecule has 0 bridgehead atoms. The Morgan fingerprint density at radius 3 is 3.00 bits per heavy atom. The standard InChI is InChI=1S/C17H20FN3O2S/c1-11(2)13-4-3-12(9-14(13)18)20-17(22)21-6-7-23-15(10-21)16-19-5-8-24-16/h3-5,8-9,11,15H,6-7,10H2,1-2H3,(H,20,22). The van der Waals surface area contributed by atoms with Crippen molar-refractivity contribution in [1.29, 1.82) is 0 Å². The van der Waals surface area contributed by atoms with Crippen molar-refractivity contribution in [2.24, 2.45) is 0 Å². The minimum Gasteiger partial charge on any atom is -0.367 e. The lowest BCUT2D eigenvalue weighted by Crippen LogP contribution is -2.44. The van der Waals surface area contributed by atoms with E-state index in [1.807, 2.05) is 19.2 Å². The van der Waals surface area contributed by atoms with Crippen LogP contribution in [0.5, 0.6) is 0 Å². The number of rotatable bonds is 3. The Labute approximate surface area is 144 Å². The van der Waals surface area contributed by atoms with Gasteiger partial charge in [-0.1, -0.05) is 19.9 Å². The quantitative estimate of drug-likeness (QED) is 0.911. The molecule has 1 saturated heterocycles. The number of halogens is 1. The monoisotopic (exact) mass is 349 g/mol. The topological polar surface area (TPSA) is 54.5 Å². The fourth-order valence-electron chi connectivity index (χ4n) is 2.65. The first-order valence-corrected chi connectivity index (χ1v) is 8.79. The van der Waals surface area contributed by atoms with Gasteiger partial charge in [0.15, 0.2) is 0 Å². The van der Waals surface area contributed by atoms with Crippen molar-refractivity contribution in [2.75, 3.05) is 25.0 Å². The Balaban J connectivity index is 1.65. The minimum atomic E-state index is -0.301. The van der Waals surface area contributed by atoms with E-state index in [1.54, 1.807) is 23.2 Å². The third-order valence-electron chi connectivity index (χ3n) is 3.95. The van der Waals surface area contributed by atoms with Crippen LogP contribution in [0.2, 0.25) is 0 Å². The zero-order valence-electron chi connectivity index (χ0n) is 13.7. The van der Waals surface area contributed by atoms with Crippen LogP contribution in [0.1, 0.15) is 36.4 Å². The van der Waals surface area contributed by atoms with Crippen LogP contribution >= 0.6 is 11.3 Å². The normalized spacial score (nSPS) is 18.0. The van der Waals surface area contributed by atoms with Gasteiger partial charge in [-0.05, 0) is 23.6 Å². The molecule has 0 saturated carbocycles. The number of amides is 2. The van der Waals surface area contributed by atoms with E-state index in [9.17, 15) is 9.18 Å². The van der Waals surface area contributed by atoms with Gasteiger partial charge < -0.3 is 15.0 Å². The lowest BCUT2D eigenvalue weighted by molar-refractivity contribution is -0.0135. The second-order valence-corrected chi connectivity index (χ2v) is 6.92. The summed E-state index contributed by atoms with van der Waals surface area (Å²) in [4.78, 5) is 18.3. The summed E-state index contributed by atoms with van der Waals surface area (Å²) in [6.45, 7) is 5.26. The Morgan fingerprint density at radius 2 is 2.33 bits per heavy atom. The molecule has 1 aromatic heterocycles. The van der Waals surface area contributed by atoms with E-state index < -0.39 is 0 Å². The molecule has 128 valence electrons. The van der Waals surface area contributed by atoms with E-state index in [4.69, 9.17) is 4.74 Å². The van der Waals surface area contributed by atoms with Gasteiger partial charge in [0.1, 0.15) is 16.9 Å². The molecule has 1 fully saturated rings. The molecule has 1 aromatic carbocycles. The summed E-state index contributed by atoms with van der Waals surface area (Å²) in [6, 6.07) is 4.56. The highest BCUT2D eigenvalue weighted by atomic mass is 32.1. The highest BCUT2D eigenvalue weighted by Gasteiger charge is 2.27. The highest BCUT2D eigenvalue weighted by molar-refractivity contribution is 7.09. The lowest BCUT2D eigenvalue weighted by Gasteiger charge is -2.32. The second kappa shape index (κ2) is 7.27. The van der Waals surface area contributed by atoms with Gasteiger partial charge in [0.2, 0.25) is 0 Å². The number of nitrogens with one attached hydrogen (secondary N) is 1. The fourth-order valence-corrected chi connectivity index (χ4v) is 3.33. The van der Waals surface area contributed by atoms with Crippen LogP contribution in [0.25, 0.3) is 0 Å². The number of morpholine rings is 1. The number of nitrogens with zero attached hydrogens (tertiary/aromatic N) is 2. The SMILES string of the molecule is CC(C)c1ccc(NC(=O)N2CCOC(c3nccs3)C2)cc1F. The van der Waals surface area contributed by atoms with Crippen molar-refractivity contribution < 1.29 is 13.9 Å². The molecular weight excluding hydrogens is 329 g/mol. The molecular formula is C17H20FN3O2S. The third kappa shape index (κ3) is 3.73. The molecule has 0 spiro atoms. The van der Waals surface area contributed by atoms with Gasteiger partial charge in [0, 0.05) is 23.8 Å². The van der Waals surface area contributed by atoms with Crippen LogP contribution in [0, 0.1) is 5.82 Å². The van der Waals surface area contributed by atoms with Gasteiger partial charge in [-0.2, -0.15) is 0 Å².